The van der Waals surface area contributed by atoms with Gasteiger partial charge in [-0.25, -0.2) is 4.68 Å². The molecule has 26 heavy (non-hydrogen) atoms. The van der Waals surface area contributed by atoms with Crippen LogP contribution in [0.2, 0.25) is 0 Å². The molecule has 0 aliphatic rings. The Hall–Kier alpha value is -2.32. The van der Waals surface area contributed by atoms with Gasteiger partial charge in [-0.2, -0.15) is 0 Å². The van der Waals surface area contributed by atoms with Gasteiger partial charge in [-0.15, -0.1) is 21.5 Å². The van der Waals surface area contributed by atoms with Crippen molar-refractivity contribution < 1.29 is 4.79 Å². The highest BCUT2D eigenvalue weighted by Crippen LogP contribution is 2.25. The van der Waals surface area contributed by atoms with E-state index in [1.54, 1.807) is 11.3 Å². The highest BCUT2D eigenvalue weighted by atomic mass is 32.2. The number of hydrogen-bond acceptors (Lipinski definition) is 6. The topological polar surface area (TPSA) is 85.8 Å². The molecule has 0 saturated carbocycles. The van der Waals surface area contributed by atoms with Crippen LogP contribution in [-0.2, 0) is 4.79 Å². The third kappa shape index (κ3) is 4.25. The van der Waals surface area contributed by atoms with Crippen LogP contribution in [0.3, 0.4) is 0 Å². The first-order valence-electron chi connectivity index (χ1n) is 8.35. The minimum atomic E-state index is -0.105. The van der Waals surface area contributed by atoms with Crippen molar-refractivity contribution in [1.29, 1.82) is 0 Å². The molecule has 3 N–H and O–H groups in total. The van der Waals surface area contributed by atoms with E-state index >= 15 is 0 Å². The quantitative estimate of drug-likeness (QED) is 0.473. The number of carbonyl (C=O) groups excluding carboxylic acids is 1. The zero-order valence-electron chi connectivity index (χ0n) is 14.7. The lowest BCUT2D eigenvalue weighted by Crippen LogP contribution is -2.16. The number of benzene rings is 1. The van der Waals surface area contributed by atoms with Crippen molar-refractivity contribution in [2.45, 2.75) is 31.3 Å². The molecule has 1 atom stereocenters. The van der Waals surface area contributed by atoms with Crippen LogP contribution in [0, 0.1) is 0 Å². The van der Waals surface area contributed by atoms with Gasteiger partial charge in [0.2, 0.25) is 11.1 Å². The van der Waals surface area contributed by atoms with E-state index in [2.05, 4.69) is 41.5 Å². The summed E-state index contributed by atoms with van der Waals surface area (Å²) in [5, 5.41) is 13.5. The molecule has 3 aromatic rings. The lowest BCUT2D eigenvalue weighted by molar-refractivity contribution is -0.113. The van der Waals surface area contributed by atoms with E-state index in [1.165, 1.54) is 22.0 Å². The summed E-state index contributed by atoms with van der Waals surface area (Å²) >= 11 is 2.80. The molecular formula is C18H21N5OS2. The van der Waals surface area contributed by atoms with E-state index < -0.39 is 0 Å². The zero-order chi connectivity index (χ0) is 18.5. The molecule has 0 bridgehead atoms. The van der Waals surface area contributed by atoms with Gasteiger partial charge in [0.05, 0.1) is 10.6 Å². The average Bonchev–Trinajstić information content (AvgIpc) is 3.29. The zero-order valence-corrected chi connectivity index (χ0v) is 16.3. The van der Waals surface area contributed by atoms with Crippen LogP contribution in [0.4, 0.5) is 5.69 Å². The summed E-state index contributed by atoms with van der Waals surface area (Å²) in [5.74, 6) is 7.27. The summed E-state index contributed by atoms with van der Waals surface area (Å²) < 4.78 is 1.42. The van der Waals surface area contributed by atoms with Gasteiger partial charge in [0.15, 0.2) is 5.82 Å². The van der Waals surface area contributed by atoms with Gasteiger partial charge in [-0.1, -0.05) is 43.8 Å². The van der Waals surface area contributed by atoms with Crippen LogP contribution in [-0.4, -0.2) is 26.5 Å². The first kappa shape index (κ1) is 18.5. The van der Waals surface area contributed by atoms with Crippen molar-refractivity contribution in [3.8, 4) is 10.7 Å². The number of amides is 1. The van der Waals surface area contributed by atoms with Gasteiger partial charge in [-0.05, 0) is 41.5 Å². The molecule has 136 valence electrons. The van der Waals surface area contributed by atoms with Crippen molar-refractivity contribution in [3.05, 3.63) is 47.3 Å². The number of nitrogens with two attached hydrogens (primary N) is 1. The number of nitrogens with one attached hydrogen (secondary N) is 1. The molecular weight excluding hydrogens is 366 g/mol. The number of nitrogens with zero attached hydrogens (tertiary/aromatic N) is 3. The van der Waals surface area contributed by atoms with Crippen molar-refractivity contribution in [2.75, 3.05) is 16.9 Å². The van der Waals surface area contributed by atoms with Crippen molar-refractivity contribution >= 4 is 34.7 Å². The number of thioether (sulfide) groups is 1. The summed E-state index contributed by atoms with van der Waals surface area (Å²) in [5.41, 5.74) is 2.06. The highest BCUT2D eigenvalue weighted by molar-refractivity contribution is 7.99. The lowest BCUT2D eigenvalue weighted by atomic mass is 9.99. The van der Waals surface area contributed by atoms with Gasteiger partial charge in [0.1, 0.15) is 0 Å². The molecule has 0 spiro atoms. The van der Waals surface area contributed by atoms with Gasteiger partial charge >= 0.3 is 0 Å². The number of hydrogen-bond donors (Lipinski definition) is 2. The van der Waals surface area contributed by atoms with Crippen molar-refractivity contribution in [1.82, 2.24) is 14.9 Å². The first-order chi connectivity index (χ1) is 12.6. The molecule has 8 heteroatoms. The van der Waals surface area contributed by atoms with E-state index in [0.717, 1.165) is 17.0 Å². The van der Waals surface area contributed by atoms with Crippen LogP contribution >= 0.6 is 23.1 Å². The molecule has 1 aromatic carbocycles. The predicted octanol–water partition coefficient (Wildman–Crippen LogP) is 3.96. The summed E-state index contributed by atoms with van der Waals surface area (Å²) in [6.45, 7) is 4.36. The minimum Gasteiger partial charge on any atom is -0.335 e. The smallest absolute Gasteiger partial charge is 0.234 e. The Bertz CT molecular complexity index is 858. The summed E-state index contributed by atoms with van der Waals surface area (Å²) in [6, 6.07) is 11.8. The molecule has 0 aliphatic carbocycles. The van der Waals surface area contributed by atoms with Gasteiger partial charge in [0, 0.05) is 5.69 Å². The van der Waals surface area contributed by atoms with Crippen LogP contribution in [0.25, 0.3) is 10.7 Å². The summed E-state index contributed by atoms with van der Waals surface area (Å²) in [7, 11) is 0. The van der Waals surface area contributed by atoms with Gasteiger partial charge in [0.25, 0.3) is 0 Å². The van der Waals surface area contributed by atoms with E-state index in [9.17, 15) is 4.79 Å². The van der Waals surface area contributed by atoms with Gasteiger partial charge in [-0.3, -0.25) is 4.79 Å². The van der Waals surface area contributed by atoms with Crippen LogP contribution in [0.5, 0.6) is 0 Å². The second-order valence-corrected chi connectivity index (χ2v) is 7.81. The molecule has 3 rings (SSSR count). The summed E-state index contributed by atoms with van der Waals surface area (Å²) in [4.78, 5) is 13.1. The Kier molecular flexibility index (Phi) is 5.95. The summed E-state index contributed by atoms with van der Waals surface area (Å²) in [6.07, 6.45) is 1.09. The number of nitrogen functional groups attached to an aromatic ring is 1. The van der Waals surface area contributed by atoms with E-state index in [1.807, 2.05) is 29.6 Å². The molecule has 0 aliphatic heterocycles. The highest BCUT2D eigenvalue weighted by Gasteiger charge is 2.14. The number of aromatic nitrogens is 3. The monoisotopic (exact) mass is 387 g/mol. The fraction of sp³-hybridized carbons (Fsp3) is 0.278. The first-order valence-corrected chi connectivity index (χ1v) is 10.2. The van der Waals surface area contributed by atoms with Crippen molar-refractivity contribution in [3.63, 3.8) is 0 Å². The van der Waals surface area contributed by atoms with Crippen molar-refractivity contribution in [2.24, 2.45) is 0 Å². The van der Waals surface area contributed by atoms with Crippen LogP contribution in [0.1, 0.15) is 31.7 Å². The Balaban J connectivity index is 1.56. The molecule has 0 radical (unpaired) electrons. The normalized spacial score (nSPS) is 12.1. The van der Waals surface area contributed by atoms with E-state index in [4.69, 9.17) is 5.84 Å². The standard InChI is InChI=1S/C18H21N5OS2/c1-3-12(2)13-6-8-14(9-7-13)20-16(24)11-26-18-22-21-17(23(18)19)15-5-4-10-25-15/h4-10,12H,3,11,19H2,1-2H3,(H,20,24)/t12-/m1/s1. The second kappa shape index (κ2) is 8.37. The maximum Gasteiger partial charge on any atom is 0.234 e. The molecule has 2 aromatic heterocycles. The third-order valence-corrected chi connectivity index (χ3v) is 5.92. The number of carbonyl (C=O) groups is 1. The Morgan fingerprint density at radius 1 is 1.31 bits per heavy atom. The van der Waals surface area contributed by atoms with Crippen LogP contribution in [0.15, 0.2) is 46.9 Å². The molecule has 1 amide bonds. The average molecular weight is 388 g/mol. The number of thiophene rings is 1. The fourth-order valence-electron chi connectivity index (χ4n) is 2.41. The SMILES string of the molecule is CC[C@@H](C)c1ccc(NC(=O)CSc2nnc(-c3cccs3)n2N)cc1. The Morgan fingerprint density at radius 3 is 2.73 bits per heavy atom. The maximum absolute atomic E-state index is 12.2. The Labute approximate surface area is 160 Å². The maximum atomic E-state index is 12.2. The second-order valence-electron chi connectivity index (χ2n) is 5.92. The molecule has 2 heterocycles. The van der Waals surface area contributed by atoms with Crippen LogP contribution < -0.4 is 11.2 Å². The number of rotatable bonds is 7. The molecule has 6 nitrogen and oxygen atoms in total. The molecule has 0 fully saturated rings. The third-order valence-electron chi connectivity index (χ3n) is 4.11. The number of anilines is 1. The Morgan fingerprint density at radius 2 is 2.08 bits per heavy atom. The van der Waals surface area contributed by atoms with E-state index in [-0.39, 0.29) is 11.7 Å². The molecule has 0 saturated heterocycles. The molecule has 0 unspecified atom stereocenters. The van der Waals surface area contributed by atoms with Gasteiger partial charge < -0.3 is 11.2 Å². The van der Waals surface area contributed by atoms with E-state index in [0.29, 0.717) is 16.9 Å². The predicted molar refractivity (Wildman–Crippen MR) is 108 cm³/mol. The lowest BCUT2D eigenvalue weighted by Gasteiger charge is -2.10. The minimum absolute atomic E-state index is 0.105. The largest absolute Gasteiger partial charge is 0.335 e. The fourth-order valence-corrected chi connectivity index (χ4v) is 3.77.